The molecule has 0 unspecified atom stereocenters. The summed E-state index contributed by atoms with van der Waals surface area (Å²) in [5.41, 5.74) is 1.46. The van der Waals surface area contributed by atoms with Gasteiger partial charge in [-0.1, -0.05) is 13.0 Å². The van der Waals surface area contributed by atoms with Crippen molar-refractivity contribution in [2.45, 2.75) is 58.3 Å². The number of urea groups is 1. The molecule has 0 aromatic carbocycles. The zero-order chi connectivity index (χ0) is 22.3. The van der Waals surface area contributed by atoms with Crippen molar-refractivity contribution in [2.75, 3.05) is 25.5 Å². The highest BCUT2D eigenvalue weighted by Gasteiger charge is 2.46. The number of amides is 3. The largest absolute Gasteiger partial charge is 0.321 e. The summed E-state index contributed by atoms with van der Waals surface area (Å²) in [5.74, 6) is 0.128. The average Bonchev–Trinajstić information content (AvgIpc) is 3.26. The number of likely N-dealkylation sites (N-methyl/N-ethyl adjacent to an activating group) is 1. The van der Waals surface area contributed by atoms with Crippen LogP contribution in [-0.2, 0) is 12.1 Å². The first kappa shape index (κ1) is 21.3. The number of pyridine rings is 1. The molecule has 9 nitrogen and oxygen atoms in total. The van der Waals surface area contributed by atoms with Gasteiger partial charge in [-0.05, 0) is 46.4 Å². The molecule has 0 bridgehead atoms. The van der Waals surface area contributed by atoms with Crippen LogP contribution < -0.4 is 5.32 Å². The molecule has 2 N–H and O–H groups in total. The van der Waals surface area contributed by atoms with E-state index in [1.807, 2.05) is 23.6 Å². The fourth-order valence-corrected chi connectivity index (χ4v) is 4.67. The SMILES string of the molecule is CC[C@H]1CN(C(=O)N2Cc3c(NC(=O)c4ccccn4)n[nH]c3C2(C)C)[C@@H](C)CN1C. The van der Waals surface area contributed by atoms with Gasteiger partial charge in [0.05, 0.1) is 17.8 Å². The normalized spacial score (nSPS) is 23.0. The monoisotopic (exact) mass is 425 g/mol. The van der Waals surface area contributed by atoms with Crippen molar-refractivity contribution in [3.8, 4) is 0 Å². The Balaban J connectivity index is 1.55. The van der Waals surface area contributed by atoms with Crippen LogP contribution >= 0.6 is 0 Å². The summed E-state index contributed by atoms with van der Waals surface area (Å²) in [5, 5.41) is 10.2. The lowest BCUT2D eigenvalue weighted by Gasteiger charge is -2.46. The molecule has 1 saturated heterocycles. The van der Waals surface area contributed by atoms with E-state index in [-0.39, 0.29) is 18.0 Å². The summed E-state index contributed by atoms with van der Waals surface area (Å²) in [4.78, 5) is 36.5. The number of aromatic nitrogens is 3. The van der Waals surface area contributed by atoms with Crippen LogP contribution in [-0.4, -0.2) is 74.0 Å². The fraction of sp³-hybridized carbons (Fsp3) is 0.545. The number of anilines is 1. The van der Waals surface area contributed by atoms with Crippen molar-refractivity contribution in [2.24, 2.45) is 0 Å². The van der Waals surface area contributed by atoms with E-state index >= 15 is 0 Å². The Hall–Kier alpha value is -2.94. The van der Waals surface area contributed by atoms with E-state index in [0.29, 0.717) is 24.1 Å². The van der Waals surface area contributed by atoms with Crippen molar-refractivity contribution < 1.29 is 9.59 Å². The molecule has 2 aromatic heterocycles. The number of nitrogens with zero attached hydrogens (tertiary/aromatic N) is 5. The third-order valence-electron chi connectivity index (χ3n) is 6.66. The number of hydrogen-bond donors (Lipinski definition) is 2. The number of carbonyl (C=O) groups is 2. The summed E-state index contributed by atoms with van der Waals surface area (Å²) in [6, 6.07) is 5.70. The third kappa shape index (κ3) is 3.67. The van der Waals surface area contributed by atoms with Gasteiger partial charge in [-0.3, -0.25) is 19.8 Å². The smallest absolute Gasteiger partial charge is 0.319 e. The summed E-state index contributed by atoms with van der Waals surface area (Å²) in [6.45, 7) is 10.3. The summed E-state index contributed by atoms with van der Waals surface area (Å²) < 4.78 is 0. The van der Waals surface area contributed by atoms with Gasteiger partial charge in [-0.25, -0.2) is 4.79 Å². The first-order valence-corrected chi connectivity index (χ1v) is 10.8. The number of carbonyl (C=O) groups excluding carboxylic acids is 2. The Kier molecular flexibility index (Phi) is 5.47. The molecule has 4 heterocycles. The third-order valence-corrected chi connectivity index (χ3v) is 6.66. The number of piperazine rings is 1. The lowest BCUT2D eigenvalue weighted by molar-refractivity contribution is 0.0400. The summed E-state index contributed by atoms with van der Waals surface area (Å²) in [7, 11) is 2.12. The minimum absolute atomic E-state index is 0.0238. The average molecular weight is 426 g/mol. The van der Waals surface area contributed by atoms with Crippen LogP contribution in [0, 0.1) is 0 Å². The molecule has 9 heteroatoms. The number of rotatable bonds is 3. The van der Waals surface area contributed by atoms with Crippen molar-refractivity contribution in [1.29, 1.82) is 0 Å². The Morgan fingerprint density at radius 3 is 2.74 bits per heavy atom. The zero-order valence-electron chi connectivity index (χ0n) is 18.8. The minimum atomic E-state index is -0.557. The highest BCUT2D eigenvalue weighted by molar-refractivity contribution is 6.02. The van der Waals surface area contributed by atoms with Crippen LogP contribution in [0.3, 0.4) is 0 Å². The number of aromatic amines is 1. The van der Waals surface area contributed by atoms with Gasteiger partial charge in [0.1, 0.15) is 5.69 Å². The molecule has 2 aliphatic rings. The molecule has 2 atom stereocenters. The Bertz CT molecular complexity index is 971. The van der Waals surface area contributed by atoms with Crippen molar-refractivity contribution in [1.82, 2.24) is 29.9 Å². The summed E-state index contributed by atoms with van der Waals surface area (Å²) in [6.07, 6.45) is 2.58. The maximum atomic E-state index is 13.6. The van der Waals surface area contributed by atoms with Gasteiger partial charge in [0.25, 0.3) is 5.91 Å². The van der Waals surface area contributed by atoms with Crippen LogP contribution in [0.5, 0.6) is 0 Å². The van der Waals surface area contributed by atoms with Crippen molar-refractivity contribution in [3.63, 3.8) is 0 Å². The molecule has 0 spiro atoms. The predicted molar refractivity (Wildman–Crippen MR) is 118 cm³/mol. The van der Waals surface area contributed by atoms with E-state index in [1.165, 1.54) is 0 Å². The van der Waals surface area contributed by atoms with Crippen LogP contribution in [0.2, 0.25) is 0 Å². The summed E-state index contributed by atoms with van der Waals surface area (Å²) >= 11 is 0. The Morgan fingerprint density at radius 1 is 1.29 bits per heavy atom. The molecular formula is C22H31N7O2. The van der Waals surface area contributed by atoms with Gasteiger partial charge in [0, 0.05) is 36.9 Å². The molecule has 0 radical (unpaired) electrons. The second kappa shape index (κ2) is 7.96. The van der Waals surface area contributed by atoms with E-state index in [4.69, 9.17) is 0 Å². The van der Waals surface area contributed by atoms with Crippen LogP contribution in [0.4, 0.5) is 10.6 Å². The number of hydrogen-bond acceptors (Lipinski definition) is 5. The molecule has 2 aliphatic heterocycles. The maximum Gasteiger partial charge on any atom is 0.321 e. The second-order valence-corrected chi connectivity index (χ2v) is 9.03. The van der Waals surface area contributed by atoms with E-state index < -0.39 is 5.54 Å². The zero-order valence-corrected chi connectivity index (χ0v) is 18.8. The number of H-pyrrole nitrogens is 1. The number of nitrogens with one attached hydrogen (secondary N) is 2. The molecule has 0 aliphatic carbocycles. The van der Waals surface area contributed by atoms with E-state index in [1.54, 1.807) is 24.4 Å². The van der Waals surface area contributed by atoms with Gasteiger partial charge in [-0.15, -0.1) is 0 Å². The molecule has 3 amide bonds. The van der Waals surface area contributed by atoms with Gasteiger partial charge in [0.15, 0.2) is 5.82 Å². The molecule has 31 heavy (non-hydrogen) atoms. The maximum absolute atomic E-state index is 13.6. The predicted octanol–water partition coefficient (Wildman–Crippen LogP) is 2.64. The topological polar surface area (TPSA) is 97.5 Å². The lowest BCUT2D eigenvalue weighted by Crippen LogP contribution is -2.61. The van der Waals surface area contributed by atoms with Crippen LogP contribution in [0.15, 0.2) is 24.4 Å². The Morgan fingerprint density at radius 2 is 2.06 bits per heavy atom. The highest BCUT2D eigenvalue weighted by Crippen LogP contribution is 2.41. The van der Waals surface area contributed by atoms with Gasteiger partial charge in [-0.2, -0.15) is 5.10 Å². The molecule has 4 rings (SSSR count). The molecule has 1 fully saturated rings. The van der Waals surface area contributed by atoms with Gasteiger partial charge in [0.2, 0.25) is 0 Å². The van der Waals surface area contributed by atoms with Crippen LogP contribution in [0.25, 0.3) is 0 Å². The molecule has 0 saturated carbocycles. The molecule has 166 valence electrons. The minimum Gasteiger partial charge on any atom is -0.319 e. The van der Waals surface area contributed by atoms with Crippen molar-refractivity contribution in [3.05, 3.63) is 41.3 Å². The second-order valence-electron chi connectivity index (χ2n) is 9.03. The van der Waals surface area contributed by atoms with Gasteiger partial charge >= 0.3 is 6.03 Å². The van der Waals surface area contributed by atoms with Crippen LogP contribution in [0.1, 0.15) is 55.9 Å². The first-order chi connectivity index (χ1) is 14.7. The highest BCUT2D eigenvalue weighted by atomic mass is 16.2. The van der Waals surface area contributed by atoms with E-state index in [2.05, 4.69) is 46.3 Å². The number of fused-ring (bicyclic) bond motifs is 1. The molecule has 2 aromatic rings. The standard InChI is InChI=1S/C22H31N7O2/c1-6-15-12-28(14(2)11-27(15)5)21(31)29-13-16-18(22(29,3)4)25-26-19(16)24-20(30)17-9-7-8-10-23-17/h7-10,14-15H,6,11-13H2,1-5H3,(H2,24,25,26,30)/t14-,15-/m0/s1. The first-order valence-electron chi connectivity index (χ1n) is 10.8. The van der Waals surface area contributed by atoms with Gasteiger partial charge < -0.3 is 15.1 Å². The molecular weight excluding hydrogens is 394 g/mol. The fourth-order valence-electron chi connectivity index (χ4n) is 4.67. The van der Waals surface area contributed by atoms with E-state index in [0.717, 1.165) is 30.8 Å². The quantitative estimate of drug-likeness (QED) is 0.788. The lowest BCUT2D eigenvalue weighted by atomic mass is 10.0. The van der Waals surface area contributed by atoms with Crippen molar-refractivity contribution >= 4 is 17.8 Å². The van der Waals surface area contributed by atoms with E-state index in [9.17, 15) is 9.59 Å². The Labute approximate surface area is 182 Å².